The average Bonchev–Trinajstić information content (AvgIpc) is 3.14. The van der Waals surface area contributed by atoms with Crippen LogP contribution in [0.4, 0.5) is 10.1 Å². The largest absolute Gasteiger partial charge is 0.368 e. The standard InChI is InChI=1S/C14H19FN2/c1-14(11-2-3-11)10-17(9-8-16-14)13-6-4-12(15)5-7-13/h4-7,11,16H,2-3,8-10H2,1H3. The number of hydrogen-bond acceptors (Lipinski definition) is 2. The molecule has 0 amide bonds. The number of hydrogen-bond donors (Lipinski definition) is 1. The van der Waals surface area contributed by atoms with Crippen LogP contribution in [0.3, 0.4) is 0 Å². The van der Waals surface area contributed by atoms with E-state index in [9.17, 15) is 4.39 Å². The molecule has 0 bridgehead atoms. The highest BCUT2D eigenvalue weighted by molar-refractivity contribution is 5.47. The van der Waals surface area contributed by atoms with E-state index < -0.39 is 0 Å². The Bertz CT molecular complexity index is 399. The lowest BCUT2D eigenvalue weighted by molar-refractivity contribution is 0.285. The predicted octanol–water partition coefficient (Wildman–Crippen LogP) is 2.40. The van der Waals surface area contributed by atoms with Crippen LogP contribution in [0.25, 0.3) is 0 Å². The molecule has 0 aromatic heterocycles. The van der Waals surface area contributed by atoms with Crippen molar-refractivity contribution in [2.75, 3.05) is 24.5 Å². The van der Waals surface area contributed by atoms with Crippen molar-refractivity contribution in [3.63, 3.8) is 0 Å². The Labute approximate surface area is 102 Å². The maximum Gasteiger partial charge on any atom is 0.123 e. The number of nitrogens with one attached hydrogen (secondary N) is 1. The van der Waals surface area contributed by atoms with Gasteiger partial charge in [-0.15, -0.1) is 0 Å². The molecule has 1 heterocycles. The van der Waals surface area contributed by atoms with Crippen LogP contribution < -0.4 is 10.2 Å². The van der Waals surface area contributed by atoms with E-state index in [0.717, 1.165) is 31.2 Å². The molecular formula is C14H19FN2. The quantitative estimate of drug-likeness (QED) is 0.845. The van der Waals surface area contributed by atoms with E-state index in [4.69, 9.17) is 0 Å². The van der Waals surface area contributed by atoms with Crippen molar-refractivity contribution in [2.45, 2.75) is 25.3 Å². The molecule has 1 unspecified atom stereocenters. The fourth-order valence-corrected chi connectivity index (χ4v) is 2.87. The van der Waals surface area contributed by atoms with Crippen molar-refractivity contribution in [3.05, 3.63) is 30.1 Å². The molecule has 92 valence electrons. The lowest BCUT2D eigenvalue weighted by atomic mass is 9.92. The number of rotatable bonds is 2. The summed E-state index contributed by atoms with van der Waals surface area (Å²) in [6, 6.07) is 6.86. The van der Waals surface area contributed by atoms with Crippen LogP contribution in [0.2, 0.25) is 0 Å². The molecule has 1 saturated carbocycles. The molecule has 3 rings (SSSR count). The first-order chi connectivity index (χ1) is 8.17. The molecule has 1 aromatic carbocycles. The van der Waals surface area contributed by atoms with Crippen molar-refractivity contribution in [2.24, 2.45) is 5.92 Å². The van der Waals surface area contributed by atoms with Crippen LogP contribution in [-0.4, -0.2) is 25.2 Å². The summed E-state index contributed by atoms with van der Waals surface area (Å²) >= 11 is 0. The van der Waals surface area contributed by atoms with Gasteiger partial charge in [0.1, 0.15) is 5.82 Å². The van der Waals surface area contributed by atoms with E-state index in [1.54, 1.807) is 12.1 Å². The summed E-state index contributed by atoms with van der Waals surface area (Å²) in [6.45, 7) is 5.38. The van der Waals surface area contributed by atoms with Crippen molar-refractivity contribution in [1.29, 1.82) is 0 Å². The van der Waals surface area contributed by atoms with E-state index in [1.165, 1.54) is 12.8 Å². The van der Waals surface area contributed by atoms with E-state index in [0.29, 0.717) is 0 Å². The number of benzene rings is 1. The van der Waals surface area contributed by atoms with Gasteiger partial charge in [0.25, 0.3) is 0 Å². The average molecular weight is 234 g/mol. The number of nitrogens with zero attached hydrogens (tertiary/aromatic N) is 1. The van der Waals surface area contributed by atoms with Crippen LogP contribution in [0.1, 0.15) is 19.8 Å². The zero-order valence-electron chi connectivity index (χ0n) is 10.2. The summed E-state index contributed by atoms with van der Waals surface area (Å²) < 4.78 is 12.9. The molecule has 2 aliphatic rings. The Hall–Kier alpha value is -1.09. The summed E-state index contributed by atoms with van der Waals surface area (Å²) in [5.41, 5.74) is 1.38. The lowest BCUT2D eigenvalue weighted by Crippen LogP contribution is -2.60. The molecule has 1 aliphatic heterocycles. The maximum atomic E-state index is 12.9. The summed E-state index contributed by atoms with van der Waals surface area (Å²) in [5.74, 6) is 0.666. The second kappa shape index (κ2) is 3.98. The van der Waals surface area contributed by atoms with Gasteiger partial charge in [0.15, 0.2) is 0 Å². The number of piperazine rings is 1. The van der Waals surface area contributed by atoms with Gasteiger partial charge >= 0.3 is 0 Å². The minimum Gasteiger partial charge on any atom is -0.368 e. The van der Waals surface area contributed by atoms with Crippen LogP contribution in [0.15, 0.2) is 24.3 Å². The minimum absolute atomic E-state index is 0.158. The highest BCUT2D eigenvalue weighted by Crippen LogP contribution is 2.41. The zero-order chi connectivity index (χ0) is 11.9. The van der Waals surface area contributed by atoms with Gasteiger partial charge in [-0.05, 0) is 49.9 Å². The topological polar surface area (TPSA) is 15.3 Å². The van der Waals surface area contributed by atoms with Crippen LogP contribution in [0.5, 0.6) is 0 Å². The van der Waals surface area contributed by atoms with E-state index in [2.05, 4.69) is 17.1 Å². The van der Waals surface area contributed by atoms with Gasteiger partial charge in [-0.1, -0.05) is 0 Å². The predicted molar refractivity (Wildman–Crippen MR) is 67.7 cm³/mol. The normalized spacial score (nSPS) is 29.4. The molecular weight excluding hydrogens is 215 g/mol. The molecule has 1 atom stereocenters. The minimum atomic E-state index is -0.158. The van der Waals surface area contributed by atoms with Crippen molar-refractivity contribution in [1.82, 2.24) is 5.32 Å². The Morgan fingerprint density at radius 1 is 1.29 bits per heavy atom. The van der Waals surface area contributed by atoms with Gasteiger partial charge in [0.05, 0.1) is 0 Å². The maximum absolute atomic E-state index is 12.9. The van der Waals surface area contributed by atoms with Gasteiger partial charge < -0.3 is 10.2 Å². The van der Waals surface area contributed by atoms with Crippen molar-refractivity contribution in [3.8, 4) is 0 Å². The molecule has 3 heteroatoms. The monoisotopic (exact) mass is 234 g/mol. The molecule has 2 fully saturated rings. The van der Waals surface area contributed by atoms with Gasteiger partial charge in [-0.2, -0.15) is 0 Å². The fourth-order valence-electron chi connectivity index (χ4n) is 2.87. The Morgan fingerprint density at radius 2 is 2.00 bits per heavy atom. The van der Waals surface area contributed by atoms with Gasteiger partial charge in [-0.3, -0.25) is 0 Å². The molecule has 17 heavy (non-hydrogen) atoms. The summed E-state index contributed by atoms with van der Waals surface area (Å²) in [6.07, 6.45) is 2.70. The zero-order valence-corrected chi connectivity index (χ0v) is 10.2. The van der Waals surface area contributed by atoms with Crippen molar-refractivity contribution < 1.29 is 4.39 Å². The lowest BCUT2D eigenvalue weighted by Gasteiger charge is -2.43. The third-order valence-electron chi connectivity index (χ3n) is 4.10. The number of anilines is 1. The van der Waals surface area contributed by atoms with Crippen LogP contribution in [0, 0.1) is 11.7 Å². The second-order valence-corrected chi connectivity index (χ2v) is 5.52. The summed E-state index contributed by atoms with van der Waals surface area (Å²) in [5, 5.41) is 3.65. The third kappa shape index (κ3) is 2.16. The van der Waals surface area contributed by atoms with Crippen molar-refractivity contribution >= 4 is 5.69 Å². The molecule has 1 aromatic rings. The smallest absolute Gasteiger partial charge is 0.123 e. The fraction of sp³-hybridized carbons (Fsp3) is 0.571. The Kier molecular flexibility index (Phi) is 2.58. The first-order valence-electron chi connectivity index (χ1n) is 6.43. The second-order valence-electron chi connectivity index (χ2n) is 5.52. The van der Waals surface area contributed by atoms with Gasteiger partial charge in [0, 0.05) is 30.9 Å². The van der Waals surface area contributed by atoms with Gasteiger partial charge in [-0.25, -0.2) is 4.39 Å². The van der Waals surface area contributed by atoms with E-state index >= 15 is 0 Å². The third-order valence-corrected chi connectivity index (χ3v) is 4.10. The van der Waals surface area contributed by atoms with Crippen LogP contribution in [-0.2, 0) is 0 Å². The Morgan fingerprint density at radius 3 is 2.65 bits per heavy atom. The SMILES string of the molecule is CC1(C2CC2)CN(c2ccc(F)cc2)CCN1. The molecule has 1 N–H and O–H groups in total. The first kappa shape index (κ1) is 11.0. The molecule has 0 spiro atoms. The molecule has 0 radical (unpaired) electrons. The molecule has 2 nitrogen and oxygen atoms in total. The van der Waals surface area contributed by atoms with E-state index in [1.807, 2.05) is 12.1 Å². The van der Waals surface area contributed by atoms with Gasteiger partial charge in [0.2, 0.25) is 0 Å². The molecule has 1 aliphatic carbocycles. The van der Waals surface area contributed by atoms with E-state index in [-0.39, 0.29) is 11.4 Å². The Balaban J connectivity index is 1.77. The van der Waals surface area contributed by atoms with Crippen LogP contribution >= 0.6 is 0 Å². The number of halogens is 1. The molecule has 1 saturated heterocycles. The highest BCUT2D eigenvalue weighted by Gasteiger charge is 2.43. The highest BCUT2D eigenvalue weighted by atomic mass is 19.1. The summed E-state index contributed by atoms with van der Waals surface area (Å²) in [4.78, 5) is 2.37. The first-order valence-corrected chi connectivity index (χ1v) is 6.43. The summed E-state index contributed by atoms with van der Waals surface area (Å²) in [7, 11) is 0.